The van der Waals surface area contributed by atoms with Gasteiger partial charge in [0, 0.05) is 12.7 Å². The monoisotopic (exact) mass is 472 g/mol. The maximum Gasteiger partial charge on any atom is 0.433 e. The molecule has 0 radical (unpaired) electrons. The van der Waals surface area contributed by atoms with Crippen molar-refractivity contribution in [1.29, 1.82) is 5.26 Å². The van der Waals surface area contributed by atoms with Crippen LogP contribution in [0.2, 0.25) is 0 Å². The van der Waals surface area contributed by atoms with E-state index in [4.69, 9.17) is 17.5 Å². The van der Waals surface area contributed by atoms with Crippen LogP contribution in [0.3, 0.4) is 0 Å². The van der Waals surface area contributed by atoms with E-state index in [1.807, 2.05) is 0 Å². The molecule has 1 aromatic heterocycles. The second-order valence-corrected chi connectivity index (χ2v) is 7.82. The number of carbonyl (C=O) groups is 1. The number of carbonyl (C=O) groups excluding carboxylic acids is 1. The van der Waals surface area contributed by atoms with Gasteiger partial charge in [-0.05, 0) is 55.9 Å². The van der Waals surface area contributed by atoms with E-state index < -0.39 is 40.6 Å². The van der Waals surface area contributed by atoms with Crippen LogP contribution in [0, 0.1) is 11.3 Å². The number of nitriles is 1. The van der Waals surface area contributed by atoms with E-state index in [-0.39, 0.29) is 17.3 Å². The number of anilines is 1. The predicted molar refractivity (Wildman–Crippen MR) is 105 cm³/mol. The number of rotatable bonds is 3. The van der Waals surface area contributed by atoms with Crippen molar-refractivity contribution in [2.45, 2.75) is 38.3 Å². The van der Waals surface area contributed by atoms with Gasteiger partial charge in [0.05, 0.1) is 22.9 Å². The molecule has 1 aromatic carbocycles. The van der Waals surface area contributed by atoms with Crippen LogP contribution in [-0.4, -0.2) is 26.4 Å². The van der Waals surface area contributed by atoms with E-state index in [9.17, 15) is 31.1 Å². The zero-order valence-corrected chi connectivity index (χ0v) is 17.4. The van der Waals surface area contributed by atoms with E-state index in [1.54, 1.807) is 0 Å². The maximum atomic E-state index is 13.3. The largest absolute Gasteiger partial charge is 0.433 e. The van der Waals surface area contributed by atoms with Gasteiger partial charge < -0.3 is 4.90 Å². The van der Waals surface area contributed by atoms with Crippen molar-refractivity contribution < 1.29 is 31.1 Å². The quantitative estimate of drug-likeness (QED) is 0.470. The zero-order valence-electron chi connectivity index (χ0n) is 16.5. The summed E-state index contributed by atoms with van der Waals surface area (Å²) in [6.07, 6.45) is -8.44. The number of thiocarbonyl (C=S) groups is 1. The van der Waals surface area contributed by atoms with Gasteiger partial charge in [0.15, 0.2) is 5.11 Å². The molecule has 2 aromatic rings. The number of aromatic nitrogens is 1. The molecule has 168 valence electrons. The SMILES string of the molecule is CC1(C)C(=O)N(c2ccc(C#N)c(C(F)(F)F)c2)C(=S)N1Cc1ccc(C(F)(F)F)nc1. The molecule has 1 aliphatic rings. The summed E-state index contributed by atoms with van der Waals surface area (Å²) in [5, 5.41) is 8.83. The molecular formula is C20H14F6N4OS. The minimum atomic E-state index is -4.83. The molecule has 0 unspecified atom stereocenters. The lowest BCUT2D eigenvalue weighted by atomic mass is 10.0. The Balaban J connectivity index is 1.96. The lowest BCUT2D eigenvalue weighted by Crippen LogP contribution is -2.43. The van der Waals surface area contributed by atoms with Crippen LogP contribution < -0.4 is 4.90 Å². The normalized spacial score (nSPS) is 16.5. The van der Waals surface area contributed by atoms with Gasteiger partial charge in [0.2, 0.25) is 0 Å². The van der Waals surface area contributed by atoms with Crippen molar-refractivity contribution in [3.05, 3.63) is 58.9 Å². The Morgan fingerprint density at radius 3 is 2.25 bits per heavy atom. The van der Waals surface area contributed by atoms with Gasteiger partial charge in [0.25, 0.3) is 5.91 Å². The van der Waals surface area contributed by atoms with Crippen molar-refractivity contribution >= 4 is 28.9 Å². The van der Waals surface area contributed by atoms with Crippen LogP contribution in [-0.2, 0) is 23.7 Å². The Kier molecular flexibility index (Phi) is 5.67. The lowest BCUT2D eigenvalue weighted by Gasteiger charge is -2.29. The van der Waals surface area contributed by atoms with Crippen LogP contribution in [0.5, 0.6) is 0 Å². The third kappa shape index (κ3) is 4.12. The standard InChI is InChI=1S/C20H14F6N4OS/c1-18(2)16(31)30(13-5-4-12(8-27)14(7-13)19(21,22)23)17(32)29(18)10-11-3-6-15(28-9-11)20(24,25)26/h3-7,9H,10H2,1-2H3. The molecule has 1 saturated heterocycles. The molecule has 0 aliphatic carbocycles. The highest BCUT2D eigenvalue weighted by Crippen LogP contribution is 2.38. The van der Waals surface area contributed by atoms with Crippen LogP contribution in [0.4, 0.5) is 32.0 Å². The van der Waals surface area contributed by atoms with Crippen molar-refractivity contribution in [1.82, 2.24) is 9.88 Å². The average molecular weight is 472 g/mol. The maximum absolute atomic E-state index is 13.3. The van der Waals surface area contributed by atoms with Gasteiger partial charge in [-0.1, -0.05) is 6.07 Å². The second-order valence-electron chi connectivity index (χ2n) is 7.46. The van der Waals surface area contributed by atoms with Crippen LogP contribution in [0.15, 0.2) is 36.5 Å². The Morgan fingerprint density at radius 2 is 1.75 bits per heavy atom. The summed E-state index contributed by atoms with van der Waals surface area (Å²) in [5.41, 5.74) is -4.06. The van der Waals surface area contributed by atoms with Crippen LogP contribution in [0.1, 0.15) is 36.2 Å². The fourth-order valence-electron chi connectivity index (χ4n) is 3.20. The molecule has 0 spiro atoms. The molecule has 5 nitrogen and oxygen atoms in total. The van der Waals surface area contributed by atoms with Crippen molar-refractivity contribution in [3.63, 3.8) is 0 Å². The first-order chi connectivity index (χ1) is 14.7. The summed E-state index contributed by atoms with van der Waals surface area (Å²) >= 11 is 5.34. The molecule has 1 aliphatic heterocycles. The van der Waals surface area contributed by atoms with Crippen LogP contribution in [0.25, 0.3) is 0 Å². The Labute approximate surface area is 183 Å². The summed E-state index contributed by atoms with van der Waals surface area (Å²) in [5.74, 6) is -0.625. The molecule has 1 fully saturated rings. The van der Waals surface area contributed by atoms with E-state index in [0.29, 0.717) is 11.6 Å². The van der Waals surface area contributed by atoms with E-state index in [0.717, 1.165) is 23.2 Å². The number of hydrogen-bond donors (Lipinski definition) is 0. The smallest absolute Gasteiger partial charge is 0.330 e. The fourth-order valence-corrected chi connectivity index (χ4v) is 3.68. The Morgan fingerprint density at radius 1 is 1.09 bits per heavy atom. The molecule has 32 heavy (non-hydrogen) atoms. The molecule has 0 bridgehead atoms. The fraction of sp³-hybridized carbons (Fsp3) is 0.300. The third-order valence-electron chi connectivity index (χ3n) is 4.97. The average Bonchev–Trinajstić information content (AvgIpc) is 2.86. The molecule has 0 atom stereocenters. The molecule has 1 amide bonds. The summed E-state index contributed by atoms with van der Waals surface area (Å²) in [4.78, 5) is 18.7. The summed E-state index contributed by atoms with van der Waals surface area (Å²) in [7, 11) is 0. The summed E-state index contributed by atoms with van der Waals surface area (Å²) < 4.78 is 78.2. The number of hydrogen-bond acceptors (Lipinski definition) is 4. The molecule has 12 heteroatoms. The highest BCUT2D eigenvalue weighted by molar-refractivity contribution is 7.80. The first kappa shape index (κ1) is 23.5. The molecule has 3 rings (SSSR count). The van der Waals surface area contributed by atoms with Gasteiger partial charge in [-0.25, -0.2) is 0 Å². The summed E-state index contributed by atoms with van der Waals surface area (Å²) in [6.45, 7) is 2.89. The number of alkyl halides is 6. The Bertz CT molecular complexity index is 1120. The van der Waals surface area contributed by atoms with Gasteiger partial charge in [-0.3, -0.25) is 14.7 Å². The minimum Gasteiger partial charge on any atom is -0.330 e. The molecule has 2 heterocycles. The predicted octanol–water partition coefficient (Wildman–Crippen LogP) is 4.90. The third-order valence-corrected chi connectivity index (χ3v) is 5.37. The van der Waals surface area contributed by atoms with Gasteiger partial charge in [-0.15, -0.1) is 0 Å². The number of pyridine rings is 1. The van der Waals surface area contributed by atoms with E-state index >= 15 is 0 Å². The number of halogens is 6. The van der Waals surface area contributed by atoms with E-state index in [1.165, 1.54) is 36.9 Å². The van der Waals surface area contributed by atoms with Crippen LogP contribution >= 0.6 is 12.2 Å². The van der Waals surface area contributed by atoms with Gasteiger partial charge in [-0.2, -0.15) is 31.6 Å². The second kappa shape index (κ2) is 7.74. The lowest BCUT2D eigenvalue weighted by molar-refractivity contribution is -0.141. The highest BCUT2D eigenvalue weighted by Gasteiger charge is 2.50. The topological polar surface area (TPSA) is 60.2 Å². The van der Waals surface area contributed by atoms with Gasteiger partial charge >= 0.3 is 12.4 Å². The number of amides is 1. The zero-order chi connectivity index (χ0) is 24.1. The number of benzene rings is 1. The highest BCUT2D eigenvalue weighted by atomic mass is 32.1. The first-order valence-electron chi connectivity index (χ1n) is 8.97. The van der Waals surface area contributed by atoms with Crippen molar-refractivity contribution in [2.24, 2.45) is 0 Å². The van der Waals surface area contributed by atoms with Crippen molar-refractivity contribution in [3.8, 4) is 6.07 Å². The summed E-state index contributed by atoms with van der Waals surface area (Å²) in [6, 6.07) is 6.23. The molecule has 0 N–H and O–H groups in total. The molecule has 0 saturated carbocycles. The van der Waals surface area contributed by atoms with Crippen molar-refractivity contribution in [2.75, 3.05) is 4.90 Å². The number of nitrogens with zero attached hydrogens (tertiary/aromatic N) is 4. The Hall–Kier alpha value is -3.20. The molecular weight excluding hydrogens is 458 g/mol. The first-order valence-corrected chi connectivity index (χ1v) is 9.38. The minimum absolute atomic E-state index is 0.0956. The van der Waals surface area contributed by atoms with E-state index in [2.05, 4.69) is 4.98 Å². The van der Waals surface area contributed by atoms with Gasteiger partial charge in [0.1, 0.15) is 11.2 Å².